The molecule has 3 aromatic rings. The van der Waals surface area contributed by atoms with Gasteiger partial charge in [-0.2, -0.15) is 4.31 Å². The van der Waals surface area contributed by atoms with Crippen molar-refractivity contribution in [2.45, 2.75) is 80.2 Å². The highest BCUT2D eigenvalue weighted by molar-refractivity contribution is 7.89. The molecular formula is C43H51N5O11S. The van der Waals surface area contributed by atoms with Gasteiger partial charge in [0.05, 0.1) is 11.5 Å². The first-order chi connectivity index (χ1) is 28.3. The number of carbonyl (C=O) groups excluding carboxylic acids is 3. The number of allylic oxidation sites excluding steroid dienone is 1. The fourth-order valence-corrected chi connectivity index (χ4v) is 9.11. The van der Waals surface area contributed by atoms with Crippen molar-refractivity contribution in [1.29, 1.82) is 0 Å². The number of nitro groups is 1. The Bertz CT molecular complexity index is 2230. The SMILES string of the molecule is C=CCCCN(C[C@H](NC(=O)OC(C)(C)C)C(=O)N1C[C@](OC)(c2ccc(-c3ccccc3)cc2)C[C@H]1C(=O)NC1(C(=O)O)CC1C=C)S(=O)(=O)c1ccccc1[N+](=O)[O-]. The molecule has 2 unspecified atom stereocenters. The average molecular weight is 846 g/mol. The van der Waals surface area contributed by atoms with Gasteiger partial charge in [0.2, 0.25) is 21.8 Å². The summed E-state index contributed by atoms with van der Waals surface area (Å²) in [5.41, 5.74) is -2.35. The van der Waals surface area contributed by atoms with Gasteiger partial charge in [0.1, 0.15) is 28.8 Å². The minimum atomic E-state index is -4.73. The van der Waals surface area contributed by atoms with Gasteiger partial charge >= 0.3 is 12.1 Å². The molecule has 3 amide bonds. The van der Waals surface area contributed by atoms with Crippen LogP contribution in [0, 0.1) is 16.0 Å². The monoisotopic (exact) mass is 845 g/mol. The van der Waals surface area contributed by atoms with Gasteiger partial charge in [-0.25, -0.2) is 18.0 Å². The molecule has 60 heavy (non-hydrogen) atoms. The van der Waals surface area contributed by atoms with E-state index >= 15 is 4.79 Å². The van der Waals surface area contributed by atoms with E-state index in [1.807, 2.05) is 42.5 Å². The summed E-state index contributed by atoms with van der Waals surface area (Å²) in [6, 6.07) is 18.6. The molecule has 2 fully saturated rings. The number of hydrogen-bond donors (Lipinski definition) is 3. The Morgan fingerprint density at radius 3 is 2.22 bits per heavy atom. The molecule has 5 rings (SSSR count). The van der Waals surface area contributed by atoms with E-state index in [4.69, 9.17) is 9.47 Å². The van der Waals surface area contributed by atoms with Crippen LogP contribution in [0.4, 0.5) is 10.5 Å². The molecule has 3 aromatic carbocycles. The number of unbranched alkanes of at least 4 members (excludes halogenated alkanes) is 1. The summed E-state index contributed by atoms with van der Waals surface area (Å²) < 4.78 is 41.2. The summed E-state index contributed by atoms with van der Waals surface area (Å²) in [5, 5.41) is 27.3. The minimum Gasteiger partial charge on any atom is -0.479 e. The van der Waals surface area contributed by atoms with Crippen molar-refractivity contribution in [3.8, 4) is 11.1 Å². The van der Waals surface area contributed by atoms with Crippen molar-refractivity contribution in [1.82, 2.24) is 19.8 Å². The van der Waals surface area contributed by atoms with Crippen LogP contribution in [0.5, 0.6) is 0 Å². The van der Waals surface area contributed by atoms with E-state index in [9.17, 15) is 38.0 Å². The Morgan fingerprint density at radius 2 is 1.65 bits per heavy atom. The Labute approximate surface area is 349 Å². The molecule has 1 saturated carbocycles. The first-order valence-electron chi connectivity index (χ1n) is 19.4. The zero-order valence-electron chi connectivity index (χ0n) is 34.0. The number of benzene rings is 3. The van der Waals surface area contributed by atoms with Crippen molar-refractivity contribution in [3.63, 3.8) is 0 Å². The topological polar surface area (TPSA) is 215 Å². The highest BCUT2D eigenvalue weighted by Crippen LogP contribution is 2.46. The molecule has 320 valence electrons. The van der Waals surface area contributed by atoms with Crippen LogP contribution in [-0.2, 0) is 39.5 Å². The van der Waals surface area contributed by atoms with Gasteiger partial charge < -0.3 is 30.1 Å². The third kappa shape index (κ3) is 9.75. The zero-order valence-corrected chi connectivity index (χ0v) is 34.9. The van der Waals surface area contributed by atoms with Crippen LogP contribution in [-0.4, -0.2) is 101 Å². The molecule has 1 heterocycles. The van der Waals surface area contributed by atoms with Gasteiger partial charge in [-0.3, -0.25) is 19.7 Å². The van der Waals surface area contributed by atoms with Gasteiger partial charge in [-0.15, -0.1) is 13.2 Å². The molecule has 0 radical (unpaired) electrons. The van der Waals surface area contributed by atoms with Crippen molar-refractivity contribution < 1.29 is 47.1 Å². The van der Waals surface area contributed by atoms with E-state index in [0.717, 1.165) is 32.5 Å². The van der Waals surface area contributed by atoms with Gasteiger partial charge in [0, 0.05) is 38.6 Å². The second kappa shape index (κ2) is 18.1. The molecule has 16 nitrogen and oxygen atoms in total. The lowest BCUT2D eigenvalue weighted by Crippen LogP contribution is -2.59. The number of carbonyl (C=O) groups is 4. The number of para-hydroxylation sites is 1. The molecule has 1 aliphatic heterocycles. The van der Waals surface area contributed by atoms with Crippen LogP contribution in [0.25, 0.3) is 11.1 Å². The number of amides is 3. The van der Waals surface area contributed by atoms with E-state index < -0.39 is 90.7 Å². The molecule has 1 saturated heterocycles. The number of carboxylic acids is 1. The zero-order chi connectivity index (χ0) is 44.0. The van der Waals surface area contributed by atoms with Crippen LogP contribution in [0.15, 0.2) is 109 Å². The quantitative estimate of drug-likeness (QED) is 0.0638. The van der Waals surface area contributed by atoms with E-state index in [1.54, 1.807) is 39.0 Å². The first kappa shape index (κ1) is 45.2. The first-order valence-corrected chi connectivity index (χ1v) is 20.8. The fourth-order valence-electron chi connectivity index (χ4n) is 7.45. The predicted octanol–water partition coefficient (Wildman–Crippen LogP) is 5.40. The number of nitrogens with zero attached hydrogens (tertiary/aromatic N) is 3. The van der Waals surface area contributed by atoms with Crippen molar-refractivity contribution in [2.24, 2.45) is 5.92 Å². The summed E-state index contributed by atoms with van der Waals surface area (Å²) >= 11 is 0. The average Bonchev–Trinajstić information content (AvgIpc) is 3.79. The largest absolute Gasteiger partial charge is 0.479 e. The van der Waals surface area contributed by atoms with E-state index in [-0.39, 0.29) is 32.4 Å². The Kier molecular flexibility index (Phi) is 13.7. The Morgan fingerprint density at radius 1 is 1.02 bits per heavy atom. The summed E-state index contributed by atoms with van der Waals surface area (Å²) in [5.74, 6) is -3.61. The summed E-state index contributed by atoms with van der Waals surface area (Å²) in [7, 11) is -3.31. The minimum absolute atomic E-state index is 0.0700. The number of nitro benzene ring substituents is 1. The normalized spacial score (nSPS) is 21.7. The number of rotatable bonds is 18. The number of likely N-dealkylation sites (tertiary alicyclic amines) is 1. The number of hydrogen-bond acceptors (Lipinski definition) is 10. The molecule has 0 aromatic heterocycles. The van der Waals surface area contributed by atoms with Crippen LogP contribution in [0.2, 0.25) is 0 Å². The maximum absolute atomic E-state index is 15.1. The van der Waals surface area contributed by atoms with Crippen LogP contribution in [0.3, 0.4) is 0 Å². The second-order valence-corrected chi connectivity index (χ2v) is 17.8. The third-order valence-corrected chi connectivity index (χ3v) is 12.6. The summed E-state index contributed by atoms with van der Waals surface area (Å²) in [6.07, 6.45) is 2.35. The van der Waals surface area contributed by atoms with Crippen molar-refractivity contribution >= 4 is 39.6 Å². The standard InChI is InChI=1S/C43H51N5O11S/c1-7-9-15-24-46(60(56,57)36-19-14-13-18-34(36)48(54)55)27-33(44-40(53)59-41(3,4)5)38(50)47-28-42(58-6,32-22-20-30(21-23-32)29-16-11-10-12-17-29)26-35(47)37(49)45-43(39(51)52)25-31(43)8-2/h7-8,10-14,16-23,31,33,35H,1-2,9,15,24-28H2,3-6H3,(H,44,53)(H,45,49)(H,51,52)/t31?,33-,35-,42-,43?/m0/s1. The highest BCUT2D eigenvalue weighted by atomic mass is 32.2. The van der Waals surface area contributed by atoms with Gasteiger partial charge in [-0.05, 0) is 62.8 Å². The molecule has 5 atom stereocenters. The number of carboxylic acid groups (broad SMARTS) is 1. The second-order valence-electron chi connectivity index (χ2n) is 15.9. The van der Waals surface area contributed by atoms with Gasteiger partial charge in [0.25, 0.3) is 5.69 Å². The number of sulfonamides is 1. The third-order valence-electron chi connectivity index (χ3n) is 10.7. The molecular weight excluding hydrogens is 795 g/mol. The van der Waals surface area contributed by atoms with Crippen LogP contribution >= 0.6 is 0 Å². The molecule has 0 bridgehead atoms. The van der Waals surface area contributed by atoms with E-state index in [2.05, 4.69) is 23.8 Å². The number of aliphatic carboxylic acids is 1. The van der Waals surface area contributed by atoms with Crippen molar-refractivity contribution in [3.05, 3.63) is 120 Å². The van der Waals surface area contributed by atoms with Crippen LogP contribution < -0.4 is 10.6 Å². The van der Waals surface area contributed by atoms with Crippen LogP contribution in [0.1, 0.15) is 52.0 Å². The van der Waals surface area contributed by atoms with Gasteiger partial charge in [0.15, 0.2) is 4.90 Å². The number of ether oxygens (including phenoxy) is 2. The Hall–Kier alpha value is -5.91. The van der Waals surface area contributed by atoms with E-state index in [1.165, 1.54) is 25.3 Å². The lowest BCUT2D eigenvalue weighted by molar-refractivity contribution is -0.387. The molecule has 17 heteroatoms. The number of alkyl carbamates (subject to hydrolysis) is 1. The lowest BCUT2D eigenvalue weighted by Gasteiger charge is -2.33. The molecule has 3 N–H and O–H groups in total. The predicted molar refractivity (Wildman–Crippen MR) is 222 cm³/mol. The Balaban J connectivity index is 1.60. The smallest absolute Gasteiger partial charge is 0.408 e. The fraction of sp³-hybridized carbons (Fsp3) is 0.395. The lowest BCUT2D eigenvalue weighted by atomic mass is 9.89. The molecule has 1 aliphatic carbocycles. The van der Waals surface area contributed by atoms with Crippen molar-refractivity contribution in [2.75, 3.05) is 26.7 Å². The number of nitrogens with one attached hydrogen (secondary N) is 2. The van der Waals surface area contributed by atoms with E-state index in [0.29, 0.717) is 12.0 Å². The maximum atomic E-state index is 15.1. The number of methoxy groups -OCH3 is 1. The summed E-state index contributed by atoms with van der Waals surface area (Å²) in [6.45, 7) is 10.9. The van der Waals surface area contributed by atoms with Gasteiger partial charge in [-0.1, -0.05) is 78.9 Å². The summed E-state index contributed by atoms with van der Waals surface area (Å²) in [4.78, 5) is 67.1. The maximum Gasteiger partial charge on any atom is 0.408 e. The molecule has 2 aliphatic rings. The highest BCUT2D eigenvalue weighted by Gasteiger charge is 2.62. The molecule has 0 spiro atoms.